The van der Waals surface area contributed by atoms with Crippen LogP contribution in [0.2, 0.25) is 0 Å². The number of rotatable bonds is 5. The van der Waals surface area contributed by atoms with E-state index < -0.39 is 5.97 Å². The van der Waals surface area contributed by atoms with E-state index in [1.54, 1.807) is 35.8 Å². The van der Waals surface area contributed by atoms with Crippen molar-refractivity contribution in [2.24, 2.45) is 5.92 Å². The number of aryl methyl sites for hydroxylation is 1. The summed E-state index contributed by atoms with van der Waals surface area (Å²) in [5.74, 6) is -0.635. The topological polar surface area (TPSA) is 114 Å². The minimum absolute atomic E-state index is 0.0663. The molecule has 2 unspecified atom stereocenters. The Morgan fingerprint density at radius 2 is 1.94 bits per heavy atom. The summed E-state index contributed by atoms with van der Waals surface area (Å²) in [6.45, 7) is 2.19. The van der Waals surface area contributed by atoms with Gasteiger partial charge >= 0.3 is 5.97 Å². The number of amides is 1. The number of benzene rings is 2. The van der Waals surface area contributed by atoms with E-state index in [0.29, 0.717) is 46.1 Å². The Labute approximate surface area is 195 Å². The van der Waals surface area contributed by atoms with Crippen molar-refractivity contribution in [1.82, 2.24) is 15.0 Å². The molecule has 2 heterocycles. The van der Waals surface area contributed by atoms with Crippen LogP contribution in [0.3, 0.4) is 0 Å². The number of para-hydroxylation sites is 1. The number of pyridine rings is 1. The number of carbonyl (C=O) groups excluding carboxylic acids is 1. The number of hydrogen-bond acceptors (Lipinski definition) is 5. The Bertz CT molecular complexity index is 1450. The lowest BCUT2D eigenvalue weighted by molar-refractivity contribution is 0.0698. The van der Waals surface area contributed by atoms with Crippen LogP contribution in [0.5, 0.6) is 0 Å². The first-order chi connectivity index (χ1) is 16.5. The van der Waals surface area contributed by atoms with Crippen molar-refractivity contribution >= 4 is 33.7 Å². The molecular weight excluding hydrogens is 434 g/mol. The molecule has 2 N–H and O–H groups in total. The summed E-state index contributed by atoms with van der Waals surface area (Å²) in [6.07, 6.45) is 3.22. The van der Waals surface area contributed by atoms with Gasteiger partial charge < -0.3 is 19.5 Å². The van der Waals surface area contributed by atoms with Gasteiger partial charge in [-0.25, -0.2) is 4.79 Å². The minimum Gasteiger partial charge on any atom is -0.478 e. The van der Waals surface area contributed by atoms with Gasteiger partial charge in [-0.05, 0) is 50.3 Å². The maximum atomic E-state index is 13.7. The lowest BCUT2D eigenvalue weighted by Crippen LogP contribution is -2.35. The fraction of sp³-hybridized carbons (Fsp3) is 0.308. The van der Waals surface area contributed by atoms with Gasteiger partial charge in [0, 0.05) is 23.5 Å². The number of carboxylic acids is 1. The molecule has 2 aromatic carbocycles. The molecule has 8 heteroatoms. The zero-order valence-corrected chi connectivity index (χ0v) is 18.8. The first-order valence-electron chi connectivity index (χ1n) is 11.5. The van der Waals surface area contributed by atoms with E-state index >= 15 is 0 Å². The van der Waals surface area contributed by atoms with E-state index in [1.165, 1.54) is 6.07 Å². The number of nitrogens with zero attached hydrogens (tertiary/aromatic N) is 2. The summed E-state index contributed by atoms with van der Waals surface area (Å²) < 4.78 is 6.95. The van der Waals surface area contributed by atoms with Gasteiger partial charge in [0.15, 0.2) is 0 Å². The van der Waals surface area contributed by atoms with Crippen molar-refractivity contribution in [2.75, 3.05) is 6.54 Å². The largest absolute Gasteiger partial charge is 0.478 e. The maximum absolute atomic E-state index is 13.7. The number of nitrogens with one attached hydrogen (secondary N) is 1. The highest BCUT2D eigenvalue weighted by Crippen LogP contribution is 2.36. The van der Waals surface area contributed by atoms with Gasteiger partial charge in [-0.1, -0.05) is 41.9 Å². The summed E-state index contributed by atoms with van der Waals surface area (Å²) in [5.41, 5.74) is 1.15. The highest BCUT2D eigenvalue weighted by molar-refractivity contribution is 6.10. The number of aromatic nitrogens is 2. The Hall–Kier alpha value is -3.94. The van der Waals surface area contributed by atoms with Crippen molar-refractivity contribution in [3.63, 3.8) is 0 Å². The zero-order valence-electron chi connectivity index (χ0n) is 18.8. The molecule has 2 atom stereocenters. The summed E-state index contributed by atoms with van der Waals surface area (Å²) >= 11 is 0. The van der Waals surface area contributed by atoms with Crippen molar-refractivity contribution < 1.29 is 19.2 Å². The molecule has 0 radical (unpaired) electrons. The second-order valence-corrected chi connectivity index (χ2v) is 8.91. The molecule has 0 bridgehead atoms. The van der Waals surface area contributed by atoms with Gasteiger partial charge in [-0.3, -0.25) is 9.59 Å². The monoisotopic (exact) mass is 459 g/mol. The number of hydrogen-bond donors (Lipinski definition) is 2. The van der Waals surface area contributed by atoms with E-state index in [-0.39, 0.29) is 29.0 Å². The summed E-state index contributed by atoms with van der Waals surface area (Å²) in [6, 6.07) is 13.8. The van der Waals surface area contributed by atoms with Crippen molar-refractivity contribution in [1.29, 1.82) is 0 Å². The molecule has 5 rings (SSSR count). The molecule has 0 spiro atoms. The fourth-order valence-electron chi connectivity index (χ4n) is 5.16. The maximum Gasteiger partial charge on any atom is 0.337 e. The molecular formula is C26H25N3O5. The van der Waals surface area contributed by atoms with E-state index in [0.717, 1.165) is 19.3 Å². The van der Waals surface area contributed by atoms with Gasteiger partial charge in [0.2, 0.25) is 0 Å². The summed E-state index contributed by atoms with van der Waals surface area (Å²) in [5, 5.41) is 17.9. The molecule has 1 saturated carbocycles. The predicted molar refractivity (Wildman–Crippen MR) is 127 cm³/mol. The van der Waals surface area contributed by atoms with Crippen LogP contribution in [0.1, 0.15) is 58.2 Å². The van der Waals surface area contributed by atoms with Crippen LogP contribution in [0.4, 0.5) is 0 Å². The molecule has 8 nitrogen and oxygen atoms in total. The Balaban J connectivity index is 1.52. The average Bonchev–Trinajstić information content (AvgIpc) is 3.25. The zero-order chi connectivity index (χ0) is 23.8. The van der Waals surface area contributed by atoms with Crippen molar-refractivity contribution in [3.05, 3.63) is 75.8 Å². The van der Waals surface area contributed by atoms with E-state index in [9.17, 15) is 19.5 Å². The van der Waals surface area contributed by atoms with Crippen molar-refractivity contribution in [2.45, 2.75) is 38.6 Å². The molecule has 1 aliphatic rings. The fourth-order valence-corrected chi connectivity index (χ4v) is 5.16. The lowest BCUT2D eigenvalue weighted by atomic mass is 9.85. The van der Waals surface area contributed by atoms with Gasteiger partial charge in [0.1, 0.15) is 16.7 Å². The number of aromatic carboxylic acids is 1. The molecule has 34 heavy (non-hydrogen) atoms. The third kappa shape index (κ3) is 3.75. The van der Waals surface area contributed by atoms with E-state index in [2.05, 4.69) is 10.5 Å². The lowest BCUT2D eigenvalue weighted by Gasteiger charge is -2.32. The second kappa shape index (κ2) is 8.78. The molecule has 1 amide bonds. The van der Waals surface area contributed by atoms with Crippen LogP contribution in [-0.2, 0) is 0 Å². The van der Waals surface area contributed by atoms with Crippen LogP contribution >= 0.6 is 0 Å². The van der Waals surface area contributed by atoms with Gasteiger partial charge in [-0.15, -0.1) is 0 Å². The highest BCUT2D eigenvalue weighted by Gasteiger charge is 2.29. The van der Waals surface area contributed by atoms with E-state index in [4.69, 9.17) is 4.52 Å². The second-order valence-electron chi connectivity index (χ2n) is 8.91. The first kappa shape index (κ1) is 21.9. The third-order valence-electron chi connectivity index (χ3n) is 6.77. The van der Waals surface area contributed by atoms with E-state index in [1.807, 2.05) is 18.2 Å². The van der Waals surface area contributed by atoms with Crippen LogP contribution < -0.4 is 10.9 Å². The van der Waals surface area contributed by atoms with Crippen molar-refractivity contribution in [3.8, 4) is 0 Å². The molecule has 2 aromatic heterocycles. The van der Waals surface area contributed by atoms with Gasteiger partial charge in [0.05, 0.1) is 11.1 Å². The SMILES string of the molecule is Cc1onc2c1c(=O)n(C1CCCC(CNC(=O)c3ccccc3)C1)c1c(C(=O)O)cccc21. The standard InChI is InChI=1S/C26H25N3O5/c1-15-21-22(28-34-15)19-11-6-12-20(26(32)33)23(19)29(25(21)31)18-10-5-7-16(13-18)14-27-24(30)17-8-3-2-4-9-17/h2-4,6,8-9,11-12,16,18H,5,7,10,13-14H2,1H3,(H,27,30)(H,32,33). The van der Waals surface area contributed by atoms with Gasteiger partial charge in [0.25, 0.3) is 11.5 Å². The molecule has 1 fully saturated rings. The number of carboxylic acid groups (broad SMARTS) is 1. The quantitative estimate of drug-likeness (QED) is 0.460. The van der Waals surface area contributed by atoms with Crippen LogP contribution in [0.15, 0.2) is 57.8 Å². The van der Waals surface area contributed by atoms with Crippen LogP contribution in [0.25, 0.3) is 21.8 Å². The predicted octanol–water partition coefficient (Wildman–Crippen LogP) is 4.31. The smallest absolute Gasteiger partial charge is 0.337 e. The van der Waals surface area contributed by atoms with Crippen LogP contribution in [0, 0.1) is 12.8 Å². The Morgan fingerprint density at radius 3 is 2.71 bits per heavy atom. The first-order valence-corrected chi connectivity index (χ1v) is 11.5. The normalized spacial score (nSPS) is 18.3. The average molecular weight is 460 g/mol. The summed E-state index contributed by atoms with van der Waals surface area (Å²) in [4.78, 5) is 38.2. The summed E-state index contributed by atoms with van der Waals surface area (Å²) in [7, 11) is 0. The molecule has 0 aliphatic heterocycles. The molecule has 1 aliphatic carbocycles. The molecule has 4 aromatic rings. The Morgan fingerprint density at radius 1 is 1.15 bits per heavy atom. The van der Waals surface area contributed by atoms with Crippen LogP contribution in [-0.4, -0.2) is 33.3 Å². The van der Waals surface area contributed by atoms with Gasteiger partial charge in [-0.2, -0.15) is 0 Å². The highest BCUT2D eigenvalue weighted by atomic mass is 16.5. The molecule has 174 valence electrons. The minimum atomic E-state index is -1.10. The number of carbonyl (C=O) groups is 2. The third-order valence-corrected chi connectivity index (χ3v) is 6.77. The Kier molecular flexibility index (Phi) is 5.65. The number of fused-ring (bicyclic) bond motifs is 3. The molecule has 0 saturated heterocycles.